The van der Waals surface area contributed by atoms with Gasteiger partial charge in [0.2, 0.25) is 0 Å². The second kappa shape index (κ2) is 6.07. The highest BCUT2D eigenvalue weighted by Gasteiger charge is 2.16. The molecule has 0 spiro atoms. The number of aromatic nitrogens is 2. The van der Waals surface area contributed by atoms with Crippen LogP contribution in [0.4, 0.5) is 0 Å². The maximum atomic E-state index is 11.4. The summed E-state index contributed by atoms with van der Waals surface area (Å²) < 4.78 is 2.08. The molecule has 0 aliphatic carbocycles. The first-order valence-electron chi connectivity index (χ1n) is 7.26. The molecule has 1 aromatic carbocycles. The van der Waals surface area contributed by atoms with E-state index < -0.39 is 5.97 Å². The van der Waals surface area contributed by atoms with Crippen LogP contribution in [-0.2, 0) is 13.0 Å². The summed E-state index contributed by atoms with van der Waals surface area (Å²) >= 11 is 0. The molecule has 108 valence electrons. The Balaban J connectivity index is 2.46. The Morgan fingerprint density at radius 2 is 2.15 bits per heavy atom. The van der Waals surface area contributed by atoms with Gasteiger partial charge in [0.1, 0.15) is 5.82 Å². The molecule has 20 heavy (non-hydrogen) atoms. The van der Waals surface area contributed by atoms with Gasteiger partial charge in [-0.2, -0.15) is 0 Å². The van der Waals surface area contributed by atoms with Gasteiger partial charge in [0.25, 0.3) is 0 Å². The molecule has 4 nitrogen and oxygen atoms in total. The number of hydrogen-bond donors (Lipinski definition) is 1. The number of carboxylic acid groups (broad SMARTS) is 1. The number of rotatable bonds is 6. The monoisotopic (exact) mass is 274 g/mol. The molecule has 2 rings (SSSR count). The van der Waals surface area contributed by atoms with Gasteiger partial charge in [0, 0.05) is 13.0 Å². The minimum atomic E-state index is -0.886. The van der Waals surface area contributed by atoms with Crippen molar-refractivity contribution in [3.8, 4) is 0 Å². The Hall–Kier alpha value is -1.84. The molecule has 1 heterocycles. The number of benzene rings is 1. The van der Waals surface area contributed by atoms with Crippen LogP contribution in [-0.4, -0.2) is 20.6 Å². The largest absolute Gasteiger partial charge is 0.478 e. The summed E-state index contributed by atoms with van der Waals surface area (Å²) in [6, 6.07) is 5.31. The first-order chi connectivity index (χ1) is 9.54. The quantitative estimate of drug-likeness (QED) is 0.873. The zero-order chi connectivity index (χ0) is 14.7. The average Bonchev–Trinajstić information content (AvgIpc) is 2.76. The van der Waals surface area contributed by atoms with Crippen molar-refractivity contribution in [3.63, 3.8) is 0 Å². The second-order valence-corrected chi connectivity index (χ2v) is 5.55. The zero-order valence-electron chi connectivity index (χ0n) is 12.4. The fourth-order valence-corrected chi connectivity index (χ4v) is 2.57. The smallest absolute Gasteiger partial charge is 0.337 e. The molecule has 0 bridgehead atoms. The minimum absolute atomic E-state index is 0.347. The number of carboxylic acids is 1. The predicted octanol–water partition coefficient (Wildman–Crippen LogP) is 3.73. The van der Waals surface area contributed by atoms with Gasteiger partial charge < -0.3 is 9.67 Å². The predicted molar refractivity (Wildman–Crippen MR) is 80.1 cm³/mol. The molecular formula is C16H22N2O2. The molecule has 0 saturated carbocycles. The summed E-state index contributed by atoms with van der Waals surface area (Å²) in [6.07, 6.45) is 3.00. The third-order valence-electron chi connectivity index (χ3n) is 3.56. The number of fused-ring (bicyclic) bond motifs is 1. The average molecular weight is 274 g/mol. The molecule has 0 unspecified atom stereocenters. The standard InChI is InChI=1S/C16H22N2O2/c1-4-14-17-13-9-5-8-12(16(19)20)15(13)18(14)10-6-7-11(2)3/h5,8-9,11H,4,6-7,10H2,1-3H3,(H,19,20). The number of aryl methyl sites for hydroxylation is 2. The number of carbonyl (C=O) groups is 1. The van der Waals surface area contributed by atoms with Crippen molar-refractivity contribution in [2.75, 3.05) is 0 Å². The van der Waals surface area contributed by atoms with Gasteiger partial charge in [-0.25, -0.2) is 9.78 Å². The van der Waals surface area contributed by atoms with Crippen molar-refractivity contribution in [3.05, 3.63) is 29.6 Å². The van der Waals surface area contributed by atoms with E-state index in [9.17, 15) is 9.90 Å². The van der Waals surface area contributed by atoms with Crippen molar-refractivity contribution < 1.29 is 9.90 Å². The molecule has 0 aliphatic heterocycles. The molecule has 0 aliphatic rings. The van der Waals surface area contributed by atoms with Crippen molar-refractivity contribution in [1.82, 2.24) is 9.55 Å². The first kappa shape index (κ1) is 14.6. The zero-order valence-corrected chi connectivity index (χ0v) is 12.4. The molecule has 0 saturated heterocycles. The molecular weight excluding hydrogens is 252 g/mol. The van der Waals surface area contributed by atoms with E-state index in [2.05, 4.69) is 30.3 Å². The molecule has 0 fully saturated rings. The minimum Gasteiger partial charge on any atom is -0.478 e. The molecule has 1 aromatic heterocycles. The van der Waals surface area contributed by atoms with Crippen LogP contribution in [0, 0.1) is 5.92 Å². The molecule has 0 radical (unpaired) electrons. The Labute approximate surface area is 119 Å². The second-order valence-electron chi connectivity index (χ2n) is 5.55. The van der Waals surface area contributed by atoms with Gasteiger partial charge in [-0.1, -0.05) is 26.8 Å². The number of imidazole rings is 1. The van der Waals surface area contributed by atoms with Crippen LogP contribution in [0.3, 0.4) is 0 Å². The van der Waals surface area contributed by atoms with E-state index in [-0.39, 0.29) is 0 Å². The maximum Gasteiger partial charge on any atom is 0.337 e. The lowest BCUT2D eigenvalue weighted by atomic mass is 10.1. The highest BCUT2D eigenvalue weighted by atomic mass is 16.4. The first-order valence-corrected chi connectivity index (χ1v) is 7.26. The lowest BCUT2D eigenvalue weighted by Gasteiger charge is -2.10. The molecule has 2 aromatic rings. The van der Waals surface area contributed by atoms with Gasteiger partial charge in [0.05, 0.1) is 16.6 Å². The molecule has 0 atom stereocenters. The highest BCUT2D eigenvalue weighted by Crippen LogP contribution is 2.22. The van der Waals surface area contributed by atoms with Gasteiger partial charge >= 0.3 is 5.97 Å². The summed E-state index contributed by atoms with van der Waals surface area (Å²) in [4.78, 5) is 16.0. The third kappa shape index (κ3) is 2.84. The number of para-hydroxylation sites is 1. The van der Waals surface area contributed by atoms with Crippen LogP contribution in [0.25, 0.3) is 11.0 Å². The Morgan fingerprint density at radius 3 is 2.75 bits per heavy atom. The van der Waals surface area contributed by atoms with Gasteiger partial charge in [-0.05, 0) is 30.9 Å². The topological polar surface area (TPSA) is 55.1 Å². The van der Waals surface area contributed by atoms with Crippen molar-refractivity contribution in [2.45, 2.75) is 46.6 Å². The van der Waals surface area contributed by atoms with E-state index in [0.29, 0.717) is 11.5 Å². The lowest BCUT2D eigenvalue weighted by Crippen LogP contribution is -2.07. The van der Waals surface area contributed by atoms with E-state index in [1.54, 1.807) is 12.1 Å². The van der Waals surface area contributed by atoms with Crippen LogP contribution in [0.15, 0.2) is 18.2 Å². The van der Waals surface area contributed by atoms with Crippen molar-refractivity contribution >= 4 is 17.0 Å². The van der Waals surface area contributed by atoms with Crippen molar-refractivity contribution in [1.29, 1.82) is 0 Å². The highest BCUT2D eigenvalue weighted by molar-refractivity contribution is 6.01. The van der Waals surface area contributed by atoms with Crippen molar-refractivity contribution in [2.24, 2.45) is 5.92 Å². The van der Waals surface area contributed by atoms with E-state index >= 15 is 0 Å². The normalized spacial score (nSPS) is 11.4. The molecule has 0 amide bonds. The van der Waals surface area contributed by atoms with Crippen LogP contribution >= 0.6 is 0 Å². The van der Waals surface area contributed by atoms with Crippen LogP contribution in [0.5, 0.6) is 0 Å². The summed E-state index contributed by atoms with van der Waals surface area (Å²) in [7, 11) is 0. The summed E-state index contributed by atoms with van der Waals surface area (Å²) in [6.45, 7) is 7.30. The Kier molecular flexibility index (Phi) is 4.42. The van der Waals surface area contributed by atoms with Gasteiger partial charge in [-0.15, -0.1) is 0 Å². The van der Waals surface area contributed by atoms with E-state index in [0.717, 1.165) is 42.7 Å². The fraction of sp³-hybridized carbons (Fsp3) is 0.500. The van der Waals surface area contributed by atoms with Gasteiger partial charge in [0.15, 0.2) is 0 Å². The number of aromatic carboxylic acids is 1. The number of nitrogens with zero attached hydrogens (tertiary/aromatic N) is 2. The maximum absolute atomic E-state index is 11.4. The Morgan fingerprint density at radius 1 is 1.40 bits per heavy atom. The van der Waals surface area contributed by atoms with E-state index in [1.807, 2.05) is 6.07 Å². The van der Waals surface area contributed by atoms with Crippen LogP contribution in [0.1, 0.15) is 49.8 Å². The Bertz CT molecular complexity index is 614. The fourth-order valence-electron chi connectivity index (χ4n) is 2.57. The van der Waals surface area contributed by atoms with Crippen LogP contribution < -0.4 is 0 Å². The number of hydrogen-bond acceptors (Lipinski definition) is 2. The van der Waals surface area contributed by atoms with Crippen LogP contribution in [0.2, 0.25) is 0 Å². The summed E-state index contributed by atoms with van der Waals surface area (Å²) in [5.74, 6) is 0.745. The molecule has 1 N–H and O–H groups in total. The summed E-state index contributed by atoms with van der Waals surface area (Å²) in [5, 5.41) is 9.36. The molecule has 4 heteroatoms. The SMILES string of the molecule is CCc1nc2cccc(C(=O)O)c2n1CCCC(C)C. The third-order valence-corrected chi connectivity index (χ3v) is 3.56. The lowest BCUT2D eigenvalue weighted by molar-refractivity contribution is 0.0698. The van der Waals surface area contributed by atoms with Gasteiger partial charge in [-0.3, -0.25) is 0 Å². The van der Waals surface area contributed by atoms with E-state index in [1.165, 1.54) is 0 Å². The van der Waals surface area contributed by atoms with E-state index in [4.69, 9.17) is 0 Å². The summed E-state index contributed by atoms with van der Waals surface area (Å²) in [5.41, 5.74) is 1.89.